The molecular formula is C27H26N4O2S2. The Morgan fingerprint density at radius 2 is 1.69 bits per heavy atom. The number of nitrogens with zero attached hydrogens (tertiary/aromatic N) is 4. The van der Waals surface area contributed by atoms with Gasteiger partial charge in [-0.1, -0.05) is 36.4 Å². The highest BCUT2D eigenvalue weighted by Gasteiger charge is 2.38. The molecule has 2 aromatic heterocycles. The Morgan fingerprint density at radius 3 is 2.40 bits per heavy atom. The van der Waals surface area contributed by atoms with Crippen molar-refractivity contribution in [3.8, 4) is 11.1 Å². The second-order valence-electron chi connectivity index (χ2n) is 9.20. The molecule has 35 heavy (non-hydrogen) atoms. The number of hydrogen-bond donors (Lipinski definition) is 0. The van der Waals surface area contributed by atoms with Crippen molar-refractivity contribution in [1.29, 1.82) is 0 Å². The molecule has 0 spiro atoms. The topological polar surface area (TPSA) is 56.8 Å². The van der Waals surface area contributed by atoms with Crippen LogP contribution in [0.3, 0.4) is 0 Å². The van der Waals surface area contributed by atoms with Gasteiger partial charge in [-0.25, -0.2) is 4.98 Å². The van der Waals surface area contributed by atoms with Crippen LogP contribution in [0.25, 0.3) is 21.2 Å². The minimum absolute atomic E-state index is 0.0203. The first-order chi connectivity index (χ1) is 17.1. The normalized spacial score (nSPS) is 17.1. The lowest BCUT2D eigenvalue weighted by atomic mass is 10.0. The van der Waals surface area contributed by atoms with Crippen molar-refractivity contribution in [2.75, 3.05) is 39.3 Å². The van der Waals surface area contributed by atoms with Crippen LogP contribution in [-0.4, -0.2) is 76.8 Å². The minimum atomic E-state index is 0.0203. The predicted octanol–water partition coefficient (Wildman–Crippen LogP) is 4.62. The standard InChI is InChI=1S/C27H26N4O2S2/c1-18-22-13-20(19-5-3-2-4-6-19)7-8-24(22)35-25(18)27(33)31-14-21(15-31)29-9-11-30(12-10-29)26(32)23-16-34-17-28-23/h2-8,13,16-17,21H,9-12,14-15H2,1H3. The third kappa shape index (κ3) is 4.16. The molecular weight excluding hydrogens is 476 g/mol. The highest BCUT2D eigenvalue weighted by molar-refractivity contribution is 7.21. The van der Waals surface area contributed by atoms with E-state index in [4.69, 9.17) is 0 Å². The summed E-state index contributed by atoms with van der Waals surface area (Å²) in [5, 5.41) is 2.97. The molecule has 2 fully saturated rings. The molecule has 0 bridgehead atoms. The van der Waals surface area contributed by atoms with Crippen LogP contribution in [-0.2, 0) is 0 Å². The van der Waals surface area contributed by atoms with E-state index < -0.39 is 0 Å². The summed E-state index contributed by atoms with van der Waals surface area (Å²) in [6.45, 7) is 6.67. The van der Waals surface area contributed by atoms with Crippen molar-refractivity contribution in [2.24, 2.45) is 0 Å². The highest BCUT2D eigenvalue weighted by Crippen LogP contribution is 2.35. The number of thiazole rings is 1. The number of hydrogen-bond acceptors (Lipinski definition) is 6. The SMILES string of the molecule is Cc1c(C(=O)N2CC(N3CCN(C(=O)c4cscn4)CC3)C2)sc2ccc(-c3ccccc3)cc12. The van der Waals surface area contributed by atoms with Gasteiger partial charge in [-0.15, -0.1) is 22.7 Å². The number of piperazine rings is 1. The maximum atomic E-state index is 13.3. The van der Waals surface area contributed by atoms with Crippen LogP contribution < -0.4 is 0 Å². The van der Waals surface area contributed by atoms with Gasteiger partial charge in [0.1, 0.15) is 5.69 Å². The minimum Gasteiger partial charge on any atom is -0.335 e. The molecule has 4 heterocycles. The smallest absolute Gasteiger partial charge is 0.273 e. The summed E-state index contributed by atoms with van der Waals surface area (Å²) in [5.41, 5.74) is 5.68. The van der Waals surface area contributed by atoms with Crippen LogP contribution in [0.15, 0.2) is 59.4 Å². The first-order valence-corrected chi connectivity index (χ1v) is 13.6. The first-order valence-electron chi connectivity index (χ1n) is 11.9. The van der Waals surface area contributed by atoms with Gasteiger partial charge in [-0.3, -0.25) is 14.5 Å². The van der Waals surface area contributed by atoms with Crippen molar-refractivity contribution in [1.82, 2.24) is 19.7 Å². The molecule has 2 amide bonds. The van der Waals surface area contributed by atoms with Crippen molar-refractivity contribution in [2.45, 2.75) is 13.0 Å². The Morgan fingerprint density at radius 1 is 0.914 bits per heavy atom. The van der Waals surface area contributed by atoms with Crippen LogP contribution in [0.2, 0.25) is 0 Å². The summed E-state index contributed by atoms with van der Waals surface area (Å²) in [6, 6.07) is 17.2. The number of aromatic nitrogens is 1. The largest absolute Gasteiger partial charge is 0.335 e. The summed E-state index contributed by atoms with van der Waals surface area (Å²) in [7, 11) is 0. The molecule has 6 nitrogen and oxygen atoms in total. The Hall–Kier alpha value is -3.07. The van der Waals surface area contributed by atoms with Crippen molar-refractivity contribution in [3.63, 3.8) is 0 Å². The van der Waals surface area contributed by atoms with Crippen LogP contribution in [0.4, 0.5) is 0 Å². The molecule has 0 unspecified atom stereocenters. The molecule has 2 aliphatic rings. The molecule has 6 rings (SSSR count). The molecule has 8 heteroatoms. The maximum Gasteiger partial charge on any atom is 0.273 e. The Kier molecular flexibility index (Phi) is 5.88. The Balaban J connectivity index is 1.09. The lowest BCUT2D eigenvalue weighted by Crippen LogP contribution is -2.64. The van der Waals surface area contributed by atoms with Crippen LogP contribution in [0, 0.1) is 6.92 Å². The van der Waals surface area contributed by atoms with E-state index in [1.54, 1.807) is 16.8 Å². The highest BCUT2D eigenvalue weighted by atomic mass is 32.1. The van der Waals surface area contributed by atoms with Gasteiger partial charge in [0.15, 0.2) is 0 Å². The fraction of sp³-hybridized carbons (Fsp3) is 0.296. The molecule has 0 atom stereocenters. The predicted molar refractivity (Wildman–Crippen MR) is 141 cm³/mol. The van der Waals surface area contributed by atoms with Gasteiger partial charge in [0.05, 0.1) is 10.4 Å². The number of fused-ring (bicyclic) bond motifs is 1. The molecule has 2 aliphatic heterocycles. The van der Waals surface area contributed by atoms with Crippen molar-refractivity contribution >= 4 is 44.6 Å². The van der Waals surface area contributed by atoms with E-state index in [1.165, 1.54) is 22.5 Å². The third-order valence-corrected chi connectivity index (χ3v) is 9.00. The van der Waals surface area contributed by atoms with Gasteiger partial charge in [-0.2, -0.15) is 0 Å². The fourth-order valence-corrected chi connectivity index (χ4v) is 6.68. The van der Waals surface area contributed by atoms with E-state index in [0.717, 1.165) is 46.7 Å². The van der Waals surface area contributed by atoms with Gasteiger partial charge < -0.3 is 9.80 Å². The molecule has 0 aliphatic carbocycles. The number of rotatable bonds is 4. The van der Waals surface area contributed by atoms with Gasteiger partial charge in [0.25, 0.3) is 11.8 Å². The summed E-state index contributed by atoms with van der Waals surface area (Å²) >= 11 is 3.05. The zero-order valence-electron chi connectivity index (χ0n) is 19.5. The molecule has 4 aromatic rings. The molecule has 0 saturated carbocycles. The zero-order valence-corrected chi connectivity index (χ0v) is 21.1. The van der Waals surface area contributed by atoms with Crippen molar-refractivity contribution < 1.29 is 9.59 Å². The number of benzene rings is 2. The third-order valence-electron chi connectivity index (χ3n) is 7.16. The van der Waals surface area contributed by atoms with E-state index in [9.17, 15) is 9.59 Å². The van der Waals surface area contributed by atoms with E-state index in [1.807, 2.05) is 33.4 Å². The van der Waals surface area contributed by atoms with Gasteiger partial charge in [0, 0.05) is 55.4 Å². The summed E-state index contributed by atoms with van der Waals surface area (Å²) in [5.74, 6) is 0.158. The number of amides is 2. The van der Waals surface area contributed by atoms with E-state index in [-0.39, 0.29) is 11.8 Å². The fourth-order valence-electron chi connectivity index (χ4n) is 5.00. The summed E-state index contributed by atoms with van der Waals surface area (Å²) in [6.07, 6.45) is 0. The summed E-state index contributed by atoms with van der Waals surface area (Å²) < 4.78 is 1.16. The molecule has 0 N–H and O–H groups in total. The van der Waals surface area contributed by atoms with Crippen LogP contribution >= 0.6 is 22.7 Å². The maximum absolute atomic E-state index is 13.3. The average molecular weight is 503 g/mol. The number of carbonyl (C=O) groups excluding carboxylic acids is 2. The molecule has 2 saturated heterocycles. The average Bonchev–Trinajstić information content (AvgIpc) is 3.52. The second-order valence-corrected chi connectivity index (χ2v) is 11.0. The van der Waals surface area contributed by atoms with Gasteiger partial charge >= 0.3 is 0 Å². The van der Waals surface area contributed by atoms with E-state index in [2.05, 4.69) is 47.1 Å². The van der Waals surface area contributed by atoms with E-state index >= 15 is 0 Å². The van der Waals surface area contributed by atoms with Crippen molar-refractivity contribution in [3.05, 3.63) is 75.6 Å². The first kappa shape index (κ1) is 22.4. The lowest BCUT2D eigenvalue weighted by molar-refractivity contribution is 0.00867. The zero-order chi connectivity index (χ0) is 23.9. The van der Waals surface area contributed by atoms with Gasteiger partial charge in [-0.05, 0) is 41.1 Å². The lowest BCUT2D eigenvalue weighted by Gasteiger charge is -2.48. The monoisotopic (exact) mass is 502 g/mol. The number of thiophene rings is 1. The molecule has 178 valence electrons. The van der Waals surface area contributed by atoms with Crippen LogP contribution in [0.1, 0.15) is 25.7 Å². The van der Waals surface area contributed by atoms with Gasteiger partial charge in [0.2, 0.25) is 0 Å². The molecule has 2 aromatic carbocycles. The Bertz CT molecular complexity index is 1370. The van der Waals surface area contributed by atoms with E-state index in [0.29, 0.717) is 24.8 Å². The number of aryl methyl sites for hydroxylation is 1. The second kappa shape index (κ2) is 9.18. The number of likely N-dealkylation sites (tertiary alicyclic amines) is 1. The number of carbonyl (C=O) groups is 2. The van der Waals surface area contributed by atoms with Crippen LogP contribution in [0.5, 0.6) is 0 Å². The quantitative estimate of drug-likeness (QED) is 0.409. The Labute approximate surface area is 212 Å². The summed E-state index contributed by atoms with van der Waals surface area (Å²) in [4.78, 5) is 37.1. The molecule has 0 radical (unpaired) electrons.